The minimum Gasteiger partial charge on any atom is -0.450 e. The number of rotatable bonds is 3. The van der Waals surface area contributed by atoms with Crippen molar-refractivity contribution in [2.24, 2.45) is 0 Å². The summed E-state index contributed by atoms with van der Waals surface area (Å²) in [5.74, 6) is -1.41. The molecule has 1 heterocycles. The fourth-order valence-corrected chi connectivity index (χ4v) is 2.38. The number of halogens is 3. The van der Waals surface area contributed by atoms with E-state index in [4.69, 9.17) is 4.74 Å². The summed E-state index contributed by atoms with van der Waals surface area (Å²) >= 11 is 0. The van der Waals surface area contributed by atoms with Crippen molar-refractivity contribution in [2.75, 3.05) is 13.1 Å². The van der Waals surface area contributed by atoms with Crippen molar-refractivity contribution >= 4 is 5.97 Å². The second kappa shape index (κ2) is 5.89. The van der Waals surface area contributed by atoms with Gasteiger partial charge >= 0.3 is 12.1 Å². The molecule has 0 saturated carbocycles. The van der Waals surface area contributed by atoms with Crippen molar-refractivity contribution < 1.29 is 22.7 Å². The van der Waals surface area contributed by atoms with Crippen molar-refractivity contribution in [3.63, 3.8) is 0 Å². The summed E-state index contributed by atoms with van der Waals surface area (Å²) < 4.78 is 43.0. The number of piperidine rings is 1. The maximum Gasteiger partial charge on any atom is 0.422 e. The van der Waals surface area contributed by atoms with Gasteiger partial charge in [-0.1, -0.05) is 36.9 Å². The Balaban J connectivity index is 2.26. The van der Waals surface area contributed by atoms with E-state index in [0.29, 0.717) is 31.5 Å². The molecular formula is C15H16F3NO2. The van der Waals surface area contributed by atoms with E-state index in [9.17, 15) is 18.0 Å². The number of nitrogens with one attached hydrogen (secondary N) is 1. The van der Waals surface area contributed by atoms with E-state index in [1.165, 1.54) is 0 Å². The summed E-state index contributed by atoms with van der Waals surface area (Å²) in [6.45, 7) is 3.94. The van der Waals surface area contributed by atoms with Gasteiger partial charge in [0.2, 0.25) is 0 Å². The lowest BCUT2D eigenvalue weighted by Gasteiger charge is -2.37. The number of benzene rings is 1. The van der Waals surface area contributed by atoms with Gasteiger partial charge in [0.25, 0.3) is 0 Å². The van der Waals surface area contributed by atoms with Crippen molar-refractivity contribution in [1.29, 1.82) is 0 Å². The lowest BCUT2D eigenvalue weighted by Crippen LogP contribution is -2.44. The predicted octanol–water partition coefficient (Wildman–Crippen LogP) is 2.93. The van der Waals surface area contributed by atoms with Gasteiger partial charge in [-0.05, 0) is 18.7 Å². The van der Waals surface area contributed by atoms with Crippen LogP contribution in [0.4, 0.5) is 13.2 Å². The molecule has 1 N–H and O–H groups in total. The molecule has 114 valence electrons. The van der Waals surface area contributed by atoms with E-state index in [1.807, 2.05) is 0 Å². The van der Waals surface area contributed by atoms with Crippen molar-refractivity contribution in [2.45, 2.75) is 24.6 Å². The van der Waals surface area contributed by atoms with Crippen molar-refractivity contribution in [3.8, 4) is 0 Å². The zero-order valence-electron chi connectivity index (χ0n) is 11.4. The first-order chi connectivity index (χ1) is 9.85. The average molecular weight is 299 g/mol. The minimum atomic E-state index is -4.78. The molecular weight excluding hydrogens is 283 g/mol. The van der Waals surface area contributed by atoms with Gasteiger partial charge in [-0.15, -0.1) is 0 Å². The van der Waals surface area contributed by atoms with Crippen molar-refractivity contribution in [3.05, 3.63) is 48.0 Å². The van der Waals surface area contributed by atoms with Crippen LogP contribution in [0, 0.1) is 0 Å². The highest BCUT2D eigenvalue weighted by Crippen LogP contribution is 2.37. The monoisotopic (exact) mass is 299 g/mol. The highest BCUT2D eigenvalue weighted by molar-refractivity contribution is 5.89. The Hall–Kier alpha value is -1.82. The quantitative estimate of drug-likeness (QED) is 0.689. The van der Waals surface area contributed by atoms with Gasteiger partial charge in [0, 0.05) is 12.8 Å². The molecule has 1 saturated heterocycles. The van der Waals surface area contributed by atoms with Crippen LogP contribution in [0.3, 0.4) is 0 Å². The Morgan fingerprint density at radius 3 is 2.29 bits per heavy atom. The van der Waals surface area contributed by atoms with E-state index in [2.05, 4.69) is 11.9 Å². The highest BCUT2D eigenvalue weighted by Gasteiger charge is 2.43. The zero-order valence-corrected chi connectivity index (χ0v) is 11.4. The first-order valence-corrected chi connectivity index (χ1v) is 6.61. The Kier molecular flexibility index (Phi) is 4.37. The lowest BCUT2D eigenvalue weighted by atomic mass is 9.84. The summed E-state index contributed by atoms with van der Waals surface area (Å²) in [5.41, 5.74) is -1.80. The van der Waals surface area contributed by atoms with Crippen molar-refractivity contribution in [1.82, 2.24) is 5.32 Å². The number of ether oxygens (including phenoxy) is 1. The fourth-order valence-electron chi connectivity index (χ4n) is 2.38. The highest BCUT2D eigenvalue weighted by atomic mass is 19.4. The second-order valence-corrected chi connectivity index (χ2v) is 4.98. The predicted molar refractivity (Wildman–Crippen MR) is 71.5 cm³/mol. The van der Waals surface area contributed by atoms with Gasteiger partial charge in [0.1, 0.15) is 11.2 Å². The van der Waals surface area contributed by atoms with Gasteiger partial charge in [-0.3, -0.25) is 0 Å². The Morgan fingerprint density at radius 1 is 1.19 bits per heavy atom. The van der Waals surface area contributed by atoms with Crippen LogP contribution in [0.5, 0.6) is 0 Å². The van der Waals surface area contributed by atoms with E-state index in [1.54, 1.807) is 30.3 Å². The van der Waals surface area contributed by atoms with E-state index in [-0.39, 0.29) is 0 Å². The Bertz CT molecular complexity index is 519. The molecule has 0 bridgehead atoms. The largest absolute Gasteiger partial charge is 0.450 e. The summed E-state index contributed by atoms with van der Waals surface area (Å²) in [4.78, 5) is 11.8. The first kappa shape index (κ1) is 15.6. The van der Waals surface area contributed by atoms with Gasteiger partial charge < -0.3 is 10.1 Å². The SMILES string of the molecule is C=C(C(=O)OC1(c2ccccc2)CCNCC1)C(F)(F)F. The molecule has 0 aliphatic carbocycles. The van der Waals surface area contributed by atoms with E-state index < -0.39 is 23.3 Å². The lowest BCUT2D eigenvalue weighted by molar-refractivity contribution is -0.169. The summed E-state index contributed by atoms with van der Waals surface area (Å²) in [5, 5.41) is 3.11. The minimum absolute atomic E-state index is 0.424. The van der Waals surface area contributed by atoms with Crippen LogP contribution in [-0.2, 0) is 15.1 Å². The molecule has 21 heavy (non-hydrogen) atoms. The molecule has 3 nitrogen and oxygen atoms in total. The topological polar surface area (TPSA) is 38.3 Å². The fraction of sp³-hybridized carbons (Fsp3) is 0.400. The molecule has 1 fully saturated rings. The van der Waals surface area contributed by atoms with Crippen LogP contribution in [0.1, 0.15) is 18.4 Å². The normalized spacial score (nSPS) is 18.0. The molecule has 2 rings (SSSR count). The smallest absolute Gasteiger partial charge is 0.422 e. The van der Waals surface area contributed by atoms with Gasteiger partial charge in [-0.2, -0.15) is 13.2 Å². The summed E-state index contributed by atoms with van der Waals surface area (Å²) in [6.07, 6.45) is -3.93. The first-order valence-electron chi connectivity index (χ1n) is 6.61. The third-order valence-electron chi connectivity index (χ3n) is 3.59. The van der Waals surface area contributed by atoms with E-state index >= 15 is 0 Å². The van der Waals surface area contributed by atoms with Crippen LogP contribution < -0.4 is 5.32 Å². The Labute approximate surface area is 120 Å². The van der Waals surface area contributed by atoms with E-state index in [0.717, 1.165) is 0 Å². The molecule has 1 aromatic rings. The Morgan fingerprint density at radius 2 is 1.76 bits per heavy atom. The number of carbonyl (C=O) groups excluding carboxylic acids is 1. The van der Waals surface area contributed by atoms with Crippen LogP contribution in [0.15, 0.2) is 42.5 Å². The average Bonchev–Trinajstić information content (AvgIpc) is 2.47. The number of esters is 1. The number of alkyl halides is 3. The van der Waals surface area contributed by atoms with Gasteiger partial charge in [0.15, 0.2) is 0 Å². The number of hydrogen-bond acceptors (Lipinski definition) is 3. The molecule has 0 aromatic heterocycles. The molecule has 0 unspecified atom stereocenters. The van der Waals surface area contributed by atoms with Crippen LogP contribution >= 0.6 is 0 Å². The summed E-state index contributed by atoms with van der Waals surface area (Å²) in [6, 6.07) is 8.86. The molecule has 1 aliphatic heterocycles. The molecule has 1 aromatic carbocycles. The standard InChI is InChI=1S/C15H16F3NO2/c1-11(15(16,17)18)13(20)21-14(7-9-19-10-8-14)12-5-3-2-4-6-12/h2-6,19H,1,7-10H2. The molecule has 6 heteroatoms. The summed E-state index contributed by atoms with van der Waals surface area (Å²) in [7, 11) is 0. The third-order valence-corrected chi connectivity index (χ3v) is 3.59. The van der Waals surface area contributed by atoms with Crippen LogP contribution in [-0.4, -0.2) is 25.2 Å². The second-order valence-electron chi connectivity index (χ2n) is 4.98. The molecule has 0 atom stereocenters. The van der Waals surface area contributed by atoms with Crippen LogP contribution in [0.25, 0.3) is 0 Å². The van der Waals surface area contributed by atoms with Gasteiger partial charge in [0.05, 0.1) is 0 Å². The van der Waals surface area contributed by atoms with Gasteiger partial charge in [-0.25, -0.2) is 4.79 Å². The third kappa shape index (κ3) is 3.44. The zero-order chi connectivity index (χ0) is 15.5. The maximum atomic E-state index is 12.6. The molecule has 0 amide bonds. The molecule has 0 radical (unpaired) electrons. The molecule has 0 spiro atoms. The van der Waals surface area contributed by atoms with Crippen LogP contribution in [0.2, 0.25) is 0 Å². The number of carbonyl (C=O) groups is 1. The maximum absolute atomic E-state index is 12.6. The number of hydrogen-bond donors (Lipinski definition) is 1. The molecule has 1 aliphatic rings.